The van der Waals surface area contributed by atoms with E-state index < -0.39 is 0 Å². The Morgan fingerprint density at radius 1 is 1.32 bits per heavy atom. The molecule has 0 saturated heterocycles. The molecule has 19 heavy (non-hydrogen) atoms. The summed E-state index contributed by atoms with van der Waals surface area (Å²) in [5.74, 6) is -0.198. The second-order valence-electron chi connectivity index (χ2n) is 4.75. The molecule has 0 radical (unpaired) electrons. The Morgan fingerprint density at radius 2 is 2.05 bits per heavy atom. The van der Waals surface area contributed by atoms with Gasteiger partial charge in [-0.05, 0) is 57.1 Å². The van der Waals surface area contributed by atoms with Gasteiger partial charge in [-0.2, -0.15) is 5.10 Å². The Labute approximate surface area is 113 Å². The second-order valence-corrected chi connectivity index (χ2v) is 4.75. The van der Waals surface area contributed by atoms with E-state index in [4.69, 9.17) is 0 Å². The molecule has 1 heterocycles. The van der Waals surface area contributed by atoms with Gasteiger partial charge in [-0.1, -0.05) is 6.07 Å². The summed E-state index contributed by atoms with van der Waals surface area (Å²) in [6.07, 6.45) is 0. The van der Waals surface area contributed by atoms with Gasteiger partial charge in [-0.15, -0.1) is 0 Å². The van der Waals surface area contributed by atoms with Crippen LogP contribution < -0.4 is 5.32 Å². The summed E-state index contributed by atoms with van der Waals surface area (Å²) in [6.45, 7) is 6.81. The third kappa shape index (κ3) is 2.68. The Kier molecular flexibility index (Phi) is 4.00. The number of halogens is 1. The van der Waals surface area contributed by atoms with Crippen LogP contribution >= 0.6 is 0 Å². The lowest BCUT2D eigenvalue weighted by Crippen LogP contribution is -2.22. The molecule has 0 bridgehead atoms. The third-order valence-corrected chi connectivity index (χ3v) is 3.36. The van der Waals surface area contributed by atoms with Crippen molar-refractivity contribution in [1.82, 2.24) is 15.1 Å². The summed E-state index contributed by atoms with van der Waals surface area (Å²) in [7, 11) is 1.91. The number of nitrogens with one attached hydrogen (secondary N) is 1. The third-order valence-electron chi connectivity index (χ3n) is 3.36. The molecule has 0 aliphatic rings. The van der Waals surface area contributed by atoms with Gasteiger partial charge < -0.3 is 5.32 Å². The van der Waals surface area contributed by atoms with Crippen LogP contribution in [0.3, 0.4) is 0 Å². The first kappa shape index (κ1) is 13.7. The predicted octanol–water partition coefficient (Wildman–Crippen LogP) is 2.97. The van der Waals surface area contributed by atoms with Crippen molar-refractivity contribution in [3.8, 4) is 0 Å². The minimum atomic E-state index is -0.198. The minimum Gasteiger partial charge on any atom is -0.308 e. The molecule has 2 aromatic rings. The summed E-state index contributed by atoms with van der Waals surface area (Å²) >= 11 is 0. The van der Waals surface area contributed by atoms with Gasteiger partial charge in [-0.25, -0.2) is 4.39 Å². The zero-order valence-electron chi connectivity index (χ0n) is 11.9. The molecule has 0 fully saturated rings. The summed E-state index contributed by atoms with van der Waals surface area (Å²) in [4.78, 5) is 0. The van der Waals surface area contributed by atoms with E-state index in [-0.39, 0.29) is 11.9 Å². The van der Waals surface area contributed by atoms with E-state index in [1.54, 1.807) is 6.07 Å². The quantitative estimate of drug-likeness (QED) is 0.917. The second kappa shape index (κ2) is 5.53. The fourth-order valence-electron chi connectivity index (χ4n) is 2.48. The van der Waals surface area contributed by atoms with E-state index >= 15 is 0 Å². The molecule has 4 heteroatoms. The maximum atomic E-state index is 13.2. The molecule has 1 atom stereocenters. The molecule has 2 rings (SSSR count). The fraction of sp³-hybridized carbons (Fsp3) is 0.400. The average Bonchev–Trinajstić information content (AvgIpc) is 2.74. The minimum absolute atomic E-state index is 0.0294. The van der Waals surface area contributed by atoms with Crippen molar-refractivity contribution < 1.29 is 4.39 Å². The number of nitrogens with zero attached hydrogens (tertiary/aromatic N) is 2. The Bertz CT molecular complexity index is 575. The standard InChI is InChI=1S/C15H20FN3/c1-5-19-14(9-11(3)18-19)15(17-4)13-7-6-12(16)8-10(13)2/h6-9,15,17H,5H2,1-4H3. The first-order valence-electron chi connectivity index (χ1n) is 6.54. The van der Waals surface area contributed by atoms with Crippen molar-refractivity contribution in [1.29, 1.82) is 0 Å². The van der Waals surface area contributed by atoms with Crippen LogP contribution in [-0.2, 0) is 6.54 Å². The molecule has 0 saturated carbocycles. The molecule has 1 aromatic heterocycles. The van der Waals surface area contributed by atoms with E-state index in [0.29, 0.717) is 0 Å². The number of benzene rings is 1. The van der Waals surface area contributed by atoms with E-state index in [9.17, 15) is 4.39 Å². The van der Waals surface area contributed by atoms with Gasteiger partial charge in [0.05, 0.1) is 17.4 Å². The number of rotatable bonds is 4. The van der Waals surface area contributed by atoms with Crippen LogP contribution in [0.2, 0.25) is 0 Å². The highest BCUT2D eigenvalue weighted by molar-refractivity contribution is 5.35. The normalized spacial score (nSPS) is 12.7. The Hall–Kier alpha value is -1.68. The number of aryl methyl sites for hydroxylation is 3. The molecule has 1 aromatic carbocycles. The lowest BCUT2D eigenvalue weighted by molar-refractivity contribution is 0.558. The van der Waals surface area contributed by atoms with Crippen molar-refractivity contribution in [2.75, 3.05) is 7.05 Å². The Balaban J connectivity index is 2.49. The van der Waals surface area contributed by atoms with Crippen molar-refractivity contribution in [2.45, 2.75) is 33.4 Å². The summed E-state index contributed by atoms with van der Waals surface area (Å²) < 4.78 is 15.2. The van der Waals surface area contributed by atoms with Gasteiger partial charge in [0.1, 0.15) is 5.82 Å². The van der Waals surface area contributed by atoms with E-state index in [2.05, 4.69) is 23.4 Å². The fourth-order valence-corrected chi connectivity index (χ4v) is 2.48. The molecule has 102 valence electrons. The summed E-state index contributed by atoms with van der Waals surface area (Å²) in [5.41, 5.74) is 4.13. The van der Waals surface area contributed by atoms with E-state index in [1.807, 2.05) is 31.6 Å². The first-order chi connectivity index (χ1) is 9.06. The molecule has 0 amide bonds. The van der Waals surface area contributed by atoms with Crippen LogP contribution in [0.1, 0.15) is 35.5 Å². The number of hydrogen-bond acceptors (Lipinski definition) is 2. The van der Waals surface area contributed by atoms with Crippen molar-refractivity contribution in [3.63, 3.8) is 0 Å². The molecular formula is C15H20FN3. The van der Waals surface area contributed by atoms with Crippen LogP contribution in [0, 0.1) is 19.7 Å². The molecule has 1 N–H and O–H groups in total. The van der Waals surface area contributed by atoms with Gasteiger partial charge in [-0.3, -0.25) is 4.68 Å². The highest BCUT2D eigenvalue weighted by atomic mass is 19.1. The number of hydrogen-bond donors (Lipinski definition) is 1. The van der Waals surface area contributed by atoms with Crippen LogP contribution in [0.4, 0.5) is 4.39 Å². The molecule has 3 nitrogen and oxygen atoms in total. The van der Waals surface area contributed by atoms with Gasteiger partial charge in [0.25, 0.3) is 0 Å². The first-order valence-corrected chi connectivity index (χ1v) is 6.54. The van der Waals surface area contributed by atoms with Gasteiger partial charge in [0.15, 0.2) is 0 Å². The van der Waals surface area contributed by atoms with Crippen molar-refractivity contribution in [3.05, 3.63) is 52.6 Å². The van der Waals surface area contributed by atoms with E-state index in [0.717, 1.165) is 29.1 Å². The van der Waals surface area contributed by atoms with Crippen LogP contribution in [-0.4, -0.2) is 16.8 Å². The SMILES string of the molecule is CCn1nc(C)cc1C(NC)c1ccc(F)cc1C. The lowest BCUT2D eigenvalue weighted by atomic mass is 9.98. The Morgan fingerprint density at radius 3 is 2.63 bits per heavy atom. The summed E-state index contributed by atoms with van der Waals surface area (Å²) in [6, 6.07) is 7.02. The zero-order chi connectivity index (χ0) is 14.0. The van der Waals surface area contributed by atoms with Crippen molar-refractivity contribution in [2.24, 2.45) is 0 Å². The molecule has 0 aliphatic heterocycles. The monoisotopic (exact) mass is 261 g/mol. The van der Waals surface area contributed by atoms with E-state index in [1.165, 1.54) is 6.07 Å². The maximum Gasteiger partial charge on any atom is 0.123 e. The lowest BCUT2D eigenvalue weighted by Gasteiger charge is -2.20. The van der Waals surface area contributed by atoms with Crippen LogP contribution in [0.5, 0.6) is 0 Å². The van der Waals surface area contributed by atoms with Crippen LogP contribution in [0.15, 0.2) is 24.3 Å². The largest absolute Gasteiger partial charge is 0.308 e. The average molecular weight is 261 g/mol. The van der Waals surface area contributed by atoms with Gasteiger partial charge in [0, 0.05) is 6.54 Å². The molecule has 1 unspecified atom stereocenters. The zero-order valence-corrected chi connectivity index (χ0v) is 11.9. The number of aromatic nitrogens is 2. The highest BCUT2D eigenvalue weighted by Gasteiger charge is 2.19. The van der Waals surface area contributed by atoms with Crippen molar-refractivity contribution >= 4 is 0 Å². The van der Waals surface area contributed by atoms with Gasteiger partial charge in [0.2, 0.25) is 0 Å². The molecule has 0 aliphatic carbocycles. The topological polar surface area (TPSA) is 29.9 Å². The highest BCUT2D eigenvalue weighted by Crippen LogP contribution is 2.25. The predicted molar refractivity (Wildman–Crippen MR) is 74.7 cm³/mol. The maximum absolute atomic E-state index is 13.2. The van der Waals surface area contributed by atoms with Gasteiger partial charge >= 0.3 is 0 Å². The smallest absolute Gasteiger partial charge is 0.123 e. The van der Waals surface area contributed by atoms with Crippen LogP contribution in [0.25, 0.3) is 0 Å². The molecular weight excluding hydrogens is 241 g/mol. The summed E-state index contributed by atoms with van der Waals surface area (Å²) in [5, 5.41) is 7.77. The molecule has 0 spiro atoms.